The lowest BCUT2D eigenvalue weighted by Crippen LogP contribution is -2.55. The molecule has 0 N–H and O–H groups in total. The van der Waals surface area contributed by atoms with Crippen molar-refractivity contribution in [2.75, 3.05) is 26.2 Å². The summed E-state index contributed by atoms with van der Waals surface area (Å²) >= 11 is 0. The SMILES string of the molecule is CC(C)(C)N1CCN(C(=O)C2CCCCC2)CC1. The Labute approximate surface area is 112 Å². The molecular weight excluding hydrogens is 224 g/mol. The molecule has 0 bridgehead atoms. The number of hydrogen-bond acceptors (Lipinski definition) is 2. The molecule has 0 aromatic heterocycles. The highest BCUT2D eigenvalue weighted by molar-refractivity contribution is 5.79. The van der Waals surface area contributed by atoms with E-state index >= 15 is 0 Å². The van der Waals surface area contributed by atoms with Gasteiger partial charge in [0.15, 0.2) is 0 Å². The number of nitrogens with zero attached hydrogens (tertiary/aromatic N) is 2. The van der Waals surface area contributed by atoms with E-state index in [1.54, 1.807) is 0 Å². The Morgan fingerprint density at radius 3 is 2.00 bits per heavy atom. The molecule has 1 aliphatic heterocycles. The third-order valence-electron chi connectivity index (χ3n) is 4.49. The van der Waals surface area contributed by atoms with Crippen LogP contribution in [0.1, 0.15) is 52.9 Å². The normalized spacial score (nSPS) is 24.3. The molecule has 1 amide bonds. The third kappa shape index (κ3) is 3.25. The monoisotopic (exact) mass is 252 g/mol. The summed E-state index contributed by atoms with van der Waals surface area (Å²) in [6, 6.07) is 0. The summed E-state index contributed by atoms with van der Waals surface area (Å²) in [7, 11) is 0. The second-order valence-electron chi connectivity index (χ2n) is 6.82. The van der Waals surface area contributed by atoms with E-state index < -0.39 is 0 Å². The molecule has 0 atom stereocenters. The van der Waals surface area contributed by atoms with Gasteiger partial charge in [-0.2, -0.15) is 0 Å². The summed E-state index contributed by atoms with van der Waals surface area (Å²) < 4.78 is 0. The summed E-state index contributed by atoms with van der Waals surface area (Å²) in [5, 5.41) is 0. The summed E-state index contributed by atoms with van der Waals surface area (Å²) in [4.78, 5) is 17.0. The van der Waals surface area contributed by atoms with Gasteiger partial charge >= 0.3 is 0 Å². The Morgan fingerprint density at radius 2 is 1.50 bits per heavy atom. The largest absolute Gasteiger partial charge is 0.340 e. The average molecular weight is 252 g/mol. The van der Waals surface area contributed by atoms with Gasteiger partial charge in [-0.05, 0) is 33.6 Å². The van der Waals surface area contributed by atoms with Crippen LogP contribution in [0.5, 0.6) is 0 Å². The predicted octanol–water partition coefficient (Wildman–Crippen LogP) is 2.51. The van der Waals surface area contributed by atoms with Gasteiger partial charge in [0.1, 0.15) is 0 Å². The van der Waals surface area contributed by atoms with Crippen LogP contribution in [-0.2, 0) is 4.79 Å². The zero-order valence-corrected chi connectivity index (χ0v) is 12.2. The van der Waals surface area contributed by atoms with Crippen LogP contribution in [0.2, 0.25) is 0 Å². The molecule has 0 aromatic carbocycles. The van der Waals surface area contributed by atoms with Crippen molar-refractivity contribution in [3.05, 3.63) is 0 Å². The van der Waals surface area contributed by atoms with Crippen molar-refractivity contribution in [1.82, 2.24) is 9.80 Å². The van der Waals surface area contributed by atoms with Gasteiger partial charge in [-0.25, -0.2) is 0 Å². The minimum absolute atomic E-state index is 0.236. The zero-order valence-electron chi connectivity index (χ0n) is 12.2. The molecule has 3 heteroatoms. The van der Waals surface area contributed by atoms with Crippen molar-refractivity contribution in [2.45, 2.75) is 58.4 Å². The molecule has 1 saturated carbocycles. The molecule has 0 aromatic rings. The molecule has 2 fully saturated rings. The van der Waals surface area contributed by atoms with Gasteiger partial charge in [-0.1, -0.05) is 19.3 Å². The van der Waals surface area contributed by atoms with Crippen molar-refractivity contribution in [2.24, 2.45) is 5.92 Å². The number of rotatable bonds is 1. The van der Waals surface area contributed by atoms with Crippen molar-refractivity contribution >= 4 is 5.91 Å². The average Bonchev–Trinajstić information content (AvgIpc) is 2.38. The van der Waals surface area contributed by atoms with Crippen LogP contribution in [0.3, 0.4) is 0 Å². The molecule has 2 aliphatic rings. The first kappa shape index (κ1) is 13.9. The van der Waals surface area contributed by atoms with E-state index in [0.717, 1.165) is 39.0 Å². The maximum Gasteiger partial charge on any atom is 0.225 e. The van der Waals surface area contributed by atoms with Gasteiger partial charge in [0.25, 0.3) is 0 Å². The van der Waals surface area contributed by atoms with Gasteiger partial charge in [0, 0.05) is 37.6 Å². The smallest absolute Gasteiger partial charge is 0.225 e. The molecule has 0 unspecified atom stereocenters. The highest BCUT2D eigenvalue weighted by atomic mass is 16.2. The van der Waals surface area contributed by atoms with Gasteiger partial charge in [0.05, 0.1) is 0 Å². The van der Waals surface area contributed by atoms with E-state index in [4.69, 9.17) is 0 Å². The van der Waals surface area contributed by atoms with E-state index in [1.165, 1.54) is 19.3 Å². The molecule has 3 nitrogen and oxygen atoms in total. The first-order valence-electron chi connectivity index (χ1n) is 7.52. The fourth-order valence-corrected chi connectivity index (χ4v) is 3.21. The topological polar surface area (TPSA) is 23.6 Å². The lowest BCUT2D eigenvalue weighted by Gasteiger charge is -2.43. The molecule has 2 rings (SSSR count). The van der Waals surface area contributed by atoms with Crippen LogP contribution in [-0.4, -0.2) is 47.4 Å². The Balaban J connectivity index is 1.83. The second-order valence-corrected chi connectivity index (χ2v) is 6.82. The Hall–Kier alpha value is -0.570. The number of carbonyl (C=O) groups excluding carboxylic acids is 1. The van der Waals surface area contributed by atoms with E-state index in [9.17, 15) is 4.79 Å². The summed E-state index contributed by atoms with van der Waals surface area (Å²) in [5.74, 6) is 0.767. The van der Waals surface area contributed by atoms with E-state index in [2.05, 4.69) is 30.6 Å². The van der Waals surface area contributed by atoms with Crippen LogP contribution < -0.4 is 0 Å². The Bertz CT molecular complexity index is 281. The fourth-order valence-electron chi connectivity index (χ4n) is 3.21. The van der Waals surface area contributed by atoms with Crippen molar-refractivity contribution in [1.29, 1.82) is 0 Å². The van der Waals surface area contributed by atoms with Gasteiger partial charge < -0.3 is 4.90 Å². The molecule has 18 heavy (non-hydrogen) atoms. The highest BCUT2D eigenvalue weighted by Gasteiger charge is 2.31. The molecular formula is C15H28N2O. The maximum atomic E-state index is 12.4. The highest BCUT2D eigenvalue weighted by Crippen LogP contribution is 2.26. The summed E-state index contributed by atoms with van der Waals surface area (Å²) in [6.07, 6.45) is 6.06. The molecule has 1 heterocycles. The number of carbonyl (C=O) groups is 1. The first-order valence-corrected chi connectivity index (χ1v) is 7.52. The maximum absolute atomic E-state index is 12.4. The van der Waals surface area contributed by atoms with Crippen LogP contribution in [0.15, 0.2) is 0 Å². The Morgan fingerprint density at radius 1 is 0.944 bits per heavy atom. The lowest BCUT2D eigenvalue weighted by atomic mass is 9.88. The first-order chi connectivity index (χ1) is 8.48. The number of hydrogen-bond donors (Lipinski definition) is 0. The zero-order chi connectivity index (χ0) is 13.2. The molecule has 0 radical (unpaired) electrons. The number of piperazine rings is 1. The van der Waals surface area contributed by atoms with Crippen molar-refractivity contribution in [3.8, 4) is 0 Å². The molecule has 104 valence electrons. The number of amides is 1. The summed E-state index contributed by atoms with van der Waals surface area (Å²) in [5.41, 5.74) is 0.236. The minimum Gasteiger partial charge on any atom is -0.340 e. The van der Waals surface area contributed by atoms with Gasteiger partial charge in [-0.15, -0.1) is 0 Å². The van der Waals surface area contributed by atoms with Gasteiger partial charge in [-0.3, -0.25) is 9.69 Å². The minimum atomic E-state index is 0.236. The predicted molar refractivity (Wildman–Crippen MR) is 74.5 cm³/mol. The molecule has 1 saturated heterocycles. The van der Waals surface area contributed by atoms with E-state index in [0.29, 0.717) is 11.8 Å². The van der Waals surface area contributed by atoms with Gasteiger partial charge in [0.2, 0.25) is 5.91 Å². The fraction of sp³-hybridized carbons (Fsp3) is 0.933. The Kier molecular flexibility index (Phi) is 4.31. The van der Waals surface area contributed by atoms with E-state index in [-0.39, 0.29) is 5.54 Å². The lowest BCUT2D eigenvalue weighted by molar-refractivity contribution is -0.139. The van der Waals surface area contributed by atoms with Crippen LogP contribution in [0, 0.1) is 5.92 Å². The third-order valence-corrected chi connectivity index (χ3v) is 4.49. The van der Waals surface area contributed by atoms with Crippen molar-refractivity contribution in [3.63, 3.8) is 0 Å². The summed E-state index contributed by atoms with van der Waals surface area (Å²) in [6.45, 7) is 10.7. The molecule has 1 aliphatic carbocycles. The second kappa shape index (κ2) is 5.60. The van der Waals surface area contributed by atoms with Crippen LogP contribution in [0.25, 0.3) is 0 Å². The van der Waals surface area contributed by atoms with Crippen LogP contribution in [0.4, 0.5) is 0 Å². The van der Waals surface area contributed by atoms with E-state index in [1.807, 2.05) is 0 Å². The quantitative estimate of drug-likeness (QED) is 0.716. The standard InChI is InChI=1S/C15H28N2O/c1-15(2,3)17-11-9-16(10-12-17)14(18)13-7-5-4-6-8-13/h13H,4-12H2,1-3H3. The van der Waals surface area contributed by atoms with Crippen molar-refractivity contribution < 1.29 is 4.79 Å². The van der Waals surface area contributed by atoms with Crippen LogP contribution >= 0.6 is 0 Å². The molecule has 0 spiro atoms.